The molecule has 6 nitrogen and oxygen atoms in total. The average molecular weight is 235 g/mol. The van der Waals surface area contributed by atoms with Crippen LogP contribution in [0.15, 0.2) is 6.07 Å². The van der Waals surface area contributed by atoms with Crippen LogP contribution in [0.4, 0.5) is 15.8 Å². The number of anilines is 1. The summed E-state index contributed by atoms with van der Waals surface area (Å²) in [5.74, 6) is -2.94. The number of rotatable bonds is 2. The molecule has 1 rings (SSSR count). The highest BCUT2D eigenvalue weighted by molar-refractivity contribution is 6.34. The van der Waals surface area contributed by atoms with Gasteiger partial charge in [0, 0.05) is 6.07 Å². The Kier molecular flexibility index (Phi) is 2.76. The highest BCUT2D eigenvalue weighted by Gasteiger charge is 2.24. The highest BCUT2D eigenvalue weighted by atomic mass is 35.5. The van der Waals surface area contributed by atoms with Gasteiger partial charge in [-0.25, -0.2) is 9.18 Å². The van der Waals surface area contributed by atoms with Crippen LogP contribution in [0.1, 0.15) is 10.4 Å². The van der Waals surface area contributed by atoms with Crippen molar-refractivity contribution >= 4 is 28.9 Å². The van der Waals surface area contributed by atoms with Crippen LogP contribution in [0.5, 0.6) is 0 Å². The summed E-state index contributed by atoms with van der Waals surface area (Å²) >= 11 is 5.31. The van der Waals surface area contributed by atoms with E-state index in [1.807, 2.05) is 0 Å². The number of hydrogen-bond acceptors (Lipinski definition) is 4. The zero-order valence-corrected chi connectivity index (χ0v) is 7.79. The van der Waals surface area contributed by atoms with Crippen molar-refractivity contribution in [3.05, 3.63) is 32.6 Å². The lowest BCUT2D eigenvalue weighted by molar-refractivity contribution is -0.384. The van der Waals surface area contributed by atoms with Gasteiger partial charge in [0.25, 0.3) is 5.69 Å². The van der Waals surface area contributed by atoms with Gasteiger partial charge in [-0.15, -0.1) is 0 Å². The van der Waals surface area contributed by atoms with E-state index in [-0.39, 0.29) is 0 Å². The molecule has 0 radical (unpaired) electrons. The lowest BCUT2D eigenvalue weighted by Crippen LogP contribution is -2.06. The number of nitrogen functional groups attached to an aromatic ring is 1. The molecule has 3 N–H and O–H groups in total. The summed E-state index contributed by atoms with van der Waals surface area (Å²) in [6.07, 6.45) is 0. The SMILES string of the molecule is Nc1c([N+](=O)[O-])cc(C(=O)O)c(F)c1Cl. The van der Waals surface area contributed by atoms with E-state index in [9.17, 15) is 19.3 Å². The standard InChI is InChI=1S/C7H4ClFN2O4/c8-4-5(9)2(7(12)13)1-3(6(4)10)11(14)15/h1H,10H2,(H,12,13). The molecule has 0 unspecified atom stereocenters. The summed E-state index contributed by atoms with van der Waals surface area (Å²) in [6.45, 7) is 0. The van der Waals surface area contributed by atoms with Crippen molar-refractivity contribution in [1.82, 2.24) is 0 Å². The number of halogens is 2. The maximum Gasteiger partial charge on any atom is 0.339 e. The minimum atomic E-state index is -1.66. The van der Waals surface area contributed by atoms with Crippen molar-refractivity contribution in [1.29, 1.82) is 0 Å². The summed E-state index contributed by atoms with van der Waals surface area (Å²) in [4.78, 5) is 20.0. The Morgan fingerprint density at radius 1 is 1.67 bits per heavy atom. The molecular formula is C7H4ClFN2O4. The van der Waals surface area contributed by atoms with Crippen LogP contribution in [-0.2, 0) is 0 Å². The van der Waals surface area contributed by atoms with Crippen molar-refractivity contribution in [3.8, 4) is 0 Å². The molecule has 0 aliphatic carbocycles. The van der Waals surface area contributed by atoms with E-state index >= 15 is 0 Å². The second-order valence-corrected chi connectivity index (χ2v) is 2.93. The molecule has 0 atom stereocenters. The number of benzene rings is 1. The summed E-state index contributed by atoms with van der Waals surface area (Å²) in [6, 6.07) is 0.527. The summed E-state index contributed by atoms with van der Waals surface area (Å²) in [5, 5.41) is 18.2. The van der Waals surface area contributed by atoms with E-state index in [4.69, 9.17) is 22.4 Å². The van der Waals surface area contributed by atoms with Crippen LogP contribution in [0.25, 0.3) is 0 Å². The van der Waals surface area contributed by atoms with Gasteiger partial charge in [0.1, 0.15) is 16.3 Å². The topological polar surface area (TPSA) is 106 Å². The third-order valence-corrected chi connectivity index (χ3v) is 2.02. The number of hydrogen-bond donors (Lipinski definition) is 2. The largest absolute Gasteiger partial charge is 0.478 e. The maximum atomic E-state index is 13.1. The number of aromatic carboxylic acids is 1. The van der Waals surface area contributed by atoms with Crippen molar-refractivity contribution in [2.24, 2.45) is 0 Å². The molecule has 0 amide bonds. The minimum absolute atomic E-state index is 0.527. The van der Waals surface area contributed by atoms with Gasteiger partial charge in [-0.05, 0) is 0 Å². The zero-order valence-electron chi connectivity index (χ0n) is 7.03. The van der Waals surface area contributed by atoms with Gasteiger partial charge in [0.15, 0.2) is 5.82 Å². The lowest BCUT2D eigenvalue weighted by atomic mass is 10.1. The number of nitro groups is 1. The molecule has 1 aromatic rings. The summed E-state index contributed by atoms with van der Waals surface area (Å²) in [7, 11) is 0. The normalized spacial score (nSPS) is 10.0. The fourth-order valence-corrected chi connectivity index (χ4v) is 1.13. The van der Waals surface area contributed by atoms with Crippen LogP contribution in [-0.4, -0.2) is 16.0 Å². The lowest BCUT2D eigenvalue weighted by Gasteiger charge is -2.03. The molecule has 0 fully saturated rings. The number of nitro benzene ring substituents is 1. The first-order valence-corrected chi connectivity index (χ1v) is 3.89. The quantitative estimate of drug-likeness (QED) is 0.460. The Hall–Kier alpha value is -1.89. The molecule has 15 heavy (non-hydrogen) atoms. The van der Waals surface area contributed by atoms with Gasteiger partial charge in [-0.3, -0.25) is 10.1 Å². The van der Waals surface area contributed by atoms with E-state index in [1.165, 1.54) is 0 Å². The number of nitrogens with zero attached hydrogens (tertiary/aromatic N) is 1. The van der Waals surface area contributed by atoms with E-state index in [0.29, 0.717) is 6.07 Å². The van der Waals surface area contributed by atoms with Crippen molar-refractivity contribution in [2.75, 3.05) is 5.73 Å². The van der Waals surface area contributed by atoms with Crippen molar-refractivity contribution in [3.63, 3.8) is 0 Å². The van der Waals surface area contributed by atoms with Gasteiger partial charge in [-0.1, -0.05) is 11.6 Å². The predicted molar refractivity (Wildman–Crippen MR) is 49.4 cm³/mol. The zero-order chi connectivity index (χ0) is 11.7. The average Bonchev–Trinajstić information content (AvgIpc) is 2.13. The van der Waals surface area contributed by atoms with E-state index in [2.05, 4.69) is 0 Å². The summed E-state index contributed by atoms with van der Waals surface area (Å²) < 4.78 is 13.1. The third kappa shape index (κ3) is 1.82. The van der Waals surface area contributed by atoms with Gasteiger partial charge in [-0.2, -0.15) is 0 Å². The number of carboxylic acid groups (broad SMARTS) is 1. The molecule has 8 heteroatoms. The second kappa shape index (κ2) is 3.70. The van der Waals surface area contributed by atoms with Crippen LogP contribution in [0.3, 0.4) is 0 Å². The maximum absolute atomic E-state index is 13.1. The minimum Gasteiger partial charge on any atom is -0.478 e. The molecule has 0 aromatic heterocycles. The van der Waals surface area contributed by atoms with Crippen LogP contribution in [0, 0.1) is 15.9 Å². The molecule has 1 aromatic carbocycles. The molecule has 0 aliphatic rings. The van der Waals surface area contributed by atoms with Crippen molar-refractivity contribution in [2.45, 2.75) is 0 Å². The monoisotopic (exact) mass is 234 g/mol. The molecule has 0 heterocycles. The third-order valence-electron chi connectivity index (χ3n) is 1.65. The number of nitrogens with two attached hydrogens (primary N) is 1. The number of carboxylic acids is 1. The predicted octanol–water partition coefficient (Wildman–Crippen LogP) is 1.67. The van der Waals surface area contributed by atoms with E-state index < -0.39 is 38.7 Å². The van der Waals surface area contributed by atoms with Crippen LogP contribution in [0.2, 0.25) is 5.02 Å². The molecular weight excluding hydrogens is 231 g/mol. The fraction of sp³-hybridized carbons (Fsp3) is 0. The molecule has 0 saturated carbocycles. The van der Waals surface area contributed by atoms with Gasteiger partial charge in [0.2, 0.25) is 0 Å². The molecule has 80 valence electrons. The first kappa shape index (κ1) is 11.2. The molecule has 0 bridgehead atoms. The fourth-order valence-electron chi connectivity index (χ4n) is 0.933. The smallest absolute Gasteiger partial charge is 0.339 e. The molecule has 0 aliphatic heterocycles. The Morgan fingerprint density at radius 2 is 2.20 bits per heavy atom. The Bertz CT molecular complexity index is 425. The Balaban J connectivity index is 3.59. The van der Waals surface area contributed by atoms with Gasteiger partial charge >= 0.3 is 5.97 Å². The Labute approximate surface area is 87.2 Å². The van der Waals surface area contributed by atoms with Crippen LogP contribution >= 0.6 is 11.6 Å². The number of carbonyl (C=O) groups is 1. The molecule has 0 saturated heterocycles. The Morgan fingerprint density at radius 3 is 2.60 bits per heavy atom. The van der Waals surface area contributed by atoms with Crippen LogP contribution < -0.4 is 5.73 Å². The summed E-state index contributed by atoms with van der Waals surface area (Å²) in [5.41, 5.74) is 2.93. The molecule has 0 spiro atoms. The second-order valence-electron chi connectivity index (χ2n) is 2.55. The first-order chi connectivity index (χ1) is 6.86. The highest BCUT2D eigenvalue weighted by Crippen LogP contribution is 2.33. The van der Waals surface area contributed by atoms with E-state index in [0.717, 1.165) is 0 Å². The van der Waals surface area contributed by atoms with Gasteiger partial charge < -0.3 is 10.8 Å². The first-order valence-electron chi connectivity index (χ1n) is 3.51. The van der Waals surface area contributed by atoms with Crippen molar-refractivity contribution < 1.29 is 19.2 Å². The van der Waals surface area contributed by atoms with E-state index in [1.54, 1.807) is 0 Å². The van der Waals surface area contributed by atoms with Gasteiger partial charge in [0.05, 0.1) is 4.92 Å².